The van der Waals surface area contributed by atoms with Crippen LogP contribution in [-0.4, -0.2) is 46.2 Å². The van der Waals surface area contributed by atoms with Gasteiger partial charge in [-0.15, -0.1) is 22.7 Å². The molecule has 2 aromatic heterocycles. The van der Waals surface area contributed by atoms with Crippen LogP contribution in [-0.2, 0) is 22.7 Å². The monoisotopic (exact) mass is 458 g/mol. The Bertz CT molecular complexity index is 683. The van der Waals surface area contributed by atoms with Crippen molar-refractivity contribution in [2.75, 3.05) is 14.1 Å². The predicted molar refractivity (Wildman–Crippen MR) is 122 cm³/mol. The lowest BCUT2D eigenvalue weighted by molar-refractivity contribution is -0.143. The molecule has 0 amide bonds. The van der Waals surface area contributed by atoms with Crippen molar-refractivity contribution in [2.45, 2.75) is 65.5 Å². The van der Waals surface area contributed by atoms with Crippen LogP contribution in [0, 0.1) is 0 Å². The van der Waals surface area contributed by atoms with E-state index in [-0.39, 0.29) is 12.8 Å². The van der Waals surface area contributed by atoms with Crippen LogP contribution in [0.5, 0.6) is 0 Å². The summed E-state index contributed by atoms with van der Waals surface area (Å²) in [6, 6.07) is 0. The highest BCUT2D eigenvalue weighted by atomic mass is 32.1. The van der Waals surface area contributed by atoms with Crippen LogP contribution < -0.4 is 10.6 Å². The van der Waals surface area contributed by atoms with E-state index >= 15 is 0 Å². The highest BCUT2D eigenvalue weighted by Crippen LogP contribution is 2.19. The highest BCUT2D eigenvalue weighted by Gasteiger charge is 2.05. The average molecular weight is 459 g/mol. The van der Waals surface area contributed by atoms with E-state index in [1.807, 2.05) is 14.1 Å². The number of rotatable bonds is 9. The molecule has 0 atom stereocenters. The van der Waals surface area contributed by atoms with E-state index in [0.717, 1.165) is 24.5 Å². The first-order valence-electron chi connectivity index (χ1n) is 9.71. The van der Waals surface area contributed by atoms with Crippen LogP contribution in [0.15, 0.2) is 10.8 Å². The van der Waals surface area contributed by atoms with Crippen LogP contribution in [0.3, 0.4) is 0 Å². The van der Waals surface area contributed by atoms with E-state index in [4.69, 9.17) is 10.2 Å². The van der Waals surface area contributed by atoms with Crippen molar-refractivity contribution < 1.29 is 19.8 Å². The predicted octanol–water partition coefficient (Wildman–Crippen LogP) is 3.91. The van der Waals surface area contributed by atoms with Gasteiger partial charge in [0.05, 0.1) is 34.2 Å². The summed E-state index contributed by atoms with van der Waals surface area (Å²) < 4.78 is 0. The number of carboxylic acids is 2. The van der Waals surface area contributed by atoms with E-state index < -0.39 is 11.9 Å². The molecule has 0 aliphatic heterocycles. The number of hydrogen-bond donors (Lipinski definition) is 4. The lowest BCUT2D eigenvalue weighted by atomic mass is 10.2. The fourth-order valence-corrected chi connectivity index (χ4v) is 3.58. The lowest BCUT2D eigenvalue weighted by Crippen LogP contribution is -2.05. The van der Waals surface area contributed by atoms with Gasteiger partial charge in [-0.05, 0) is 14.1 Å². The number of carboxylic acid groups (broad SMARTS) is 2. The van der Waals surface area contributed by atoms with E-state index in [1.165, 1.54) is 10.0 Å². The van der Waals surface area contributed by atoms with Crippen molar-refractivity contribution >= 4 is 34.6 Å². The zero-order valence-corrected chi connectivity index (χ0v) is 20.2. The molecular weight excluding hydrogens is 424 g/mol. The number of aliphatic carboxylic acids is 2. The zero-order chi connectivity index (χ0) is 23.1. The normalized spacial score (nSPS) is 10.3. The van der Waals surface area contributed by atoms with Gasteiger partial charge in [0.1, 0.15) is 0 Å². The quantitative estimate of drug-likeness (QED) is 0.446. The van der Waals surface area contributed by atoms with Gasteiger partial charge in [0, 0.05) is 35.7 Å². The third-order valence-electron chi connectivity index (χ3n) is 3.40. The minimum atomic E-state index is -1.08. The van der Waals surface area contributed by atoms with Gasteiger partial charge in [-0.3, -0.25) is 9.59 Å². The van der Waals surface area contributed by atoms with Gasteiger partial charge in [0.15, 0.2) is 0 Å². The molecule has 0 aromatic carbocycles. The summed E-state index contributed by atoms with van der Waals surface area (Å²) in [7, 11) is 3.88. The van der Waals surface area contributed by atoms with Crippen molar-refractivity contribution in [2.24, 2.45) is 0 Å². The Hall–Kier alpha value is -1.88. The van der Waals surface area contributed by atoms with Crippen LogP contribution in [0.2, 0.25) is 0 Å². The SMILES string of the molecule is CNCc1csc(C(C)C)n1.CNCc1csc(C(C)C)n1.O=C(O)CCC(=O)O. The van der Waals surface area contributed by atoms with Gasteiger partial charge in [-0.1, -0.05) is 27.7 Å². The summed E-state index contributed by atoms with van der Waals surface area (Å²) >= 11 is 3.49. The fourth-order valence-electron chi connectivity index (χ4n) is 1.91. The number of nitrogens with one attached hydrogen (secondary N) is 2. The maximum atomic E-state index is 9.64. The molecule has 0 saturated carbocycles. The van der Waals surface area contributed by atoms with Crippen LogP contribution in [0.1, 0.15) is 73.8 Å². The number of thiazole rings is 2. The van der Waals surface area contributed by atoms with Gasteiger partial charge in [0.2, 0.25) is 0 Å². The third-order valence-corrected chi connectivity index (χ3v) is 5.78. The van der Waals surface area contributed by atoms with Crippen LogP contribution in [0.25, 0.3) is 0 Å². The molecule has 0 saturated heterocycles. The van der Waals surface area contributed by atoms with Gasteiger partial charge >= 0.3 is 11.9 Å². The van der Waals surface area contributed by atoms with Gasteiger partial charge in [0.25, 0.3) is 0 Å². The molecular formula is C20H34N4O4S2. The summed E-state index contributed by atoms with van der Waals surface area (Å²) in [6.07, 6.45) is -0.593. The van der Waals surface area contributed by atoms with Crippen molar-refractivity contribution in [3.63, 3.8) is 0 Å². The molecule has 0 aliphatic rings. The summed E-state index contributed by atoms with van der Waals surface area (Å²) in [5.74, 6) is -1.03. The smallest absolute Gasteiger partial charge is 0.303 e. The molecule has 8 nitrogen and oxygen atoms in total. The second kappa shape index (κ2) is 15.9. The first-order chi connectivity index (χ1) is 14.1. The molecule has 10 heteroatoms. The van der Waals surface area contributed by atoms with Crippen molar-refractivity contribution in [3.05, 3.63) is 32.2 Å². The summed E-state index contributed by atoms with van der Waals surface area (Å²) in [4.78, 5) is 28.2. The molecule has 170 valence electrons. The first-order valence-corrected chi connectivity index (χ1v) is 11.5. The third kappa shape index (κ3) is 13.4. The Morgan fingerprint density at radius 1 is 0.833 bits per heavy atom. The second-order valence-corrected chi connectivity index (χ2v) is 8.79. The highest BCUT2D eigenvalue weighted by molar-refractivity contribution is 7.10. The lowest BCUT2D eigenvalue weighted by Gasteiger charge is -1.96. The minimum absolute atomic E-state index is 0.296. The van der Waals surface area contributed by atoms with E-state index in [0.29, 0.717) is 11.8 Å². The number of aromatic nitrogens is 2. The molecule has 2 rings (SSSR count). The summed E-state index contributed by atoms with van der Waals surface area (Å²) in [5, 5.41) is 28.7. The van der Waals surface area contributed by atoms with Crippen molar-refractivity contribution in [1.29, 1.82) is 0 Å². The van der Waals surface area contributed by atoms with Gasteiger partial charge in [-0.2, -0.15) is 0 Å². The maximum Gasteiger partial charge on any atom is 0.303 e. The fraction of sp³-hybridized carbons (Fsp3) is 0.600. The number of carbonyl (C=O) groups is 2. The average Bonchev–Trinajstić information content (AvgIpc) is 3.32. The van der Waals surface area contributed by atoms with E-state index in [9.17, 15) is 9.59 Å². The summed E-state index contributed by atoms with van der Waals surface area (Å²) in [6.45, 7) is 10.4. The molecule has 0 spiro atoms. The molecule has 2 heterocycles. The van der Waals surface area contributed by atoms with Crippen molar-refractivity contribution in [3.8, 4) is 0 Å². The Morgan fingerprint density at radius 3 is 1.37 bits per heavy atom. The molecule has 0 radical (unpaired) electrons. The van der Waals surface area contributed by atoms with Gasteiger partial charge < -0.3 is 20.8 Å². The second-order valence-electron chi connectivity index (χ2n) is 7.01. The Labute approximate surface area is 186 Å². The molecule has 4 N–H and O–H groups in total. The Balaban J connectivity index is 0.000000428. The molecule has 0 fully saturated rings. The van der Waals surface area contributed by atoms with E-state index in [1.54, 1.807) is 22.7 Å². The zero-order valence-electron chi connectivity index (χ0n) is 18.6. The molecule has 2 aromatic rings. The topological polar surface area (TPSA) is 124 Å². The molecule has 0 bridgehead atoms. The largest absolute Gasteiger partial charge is 0.481 e. The molecule has 0 aliphatic carbocycles. The number of hydrogen-bond acceptors (Lipinski definition) is 8. The maximum absolute atomic E-state index is 9.64. The van der Waals surface area contributed by atoms with Crippen LogP contribution in [0.4, 0.5) is 0 Å². The molecule has 30 heavy (non-hydrogen) atoms. The first kappa shape index (κ1) is 28.1. The number of nitrogens with zero attached hydrogens (tertiary/aromatic N) is 2. The van der Waals surface area contributed by atoms with Crippen molar-refractivity contribution in [1.82, 2.24) is 20.6 Å². The Kier molecular flexibility index (Phi) is 14.9. The summed E-state index contributed by atoms with van der Waals surface area (Å²) in [5.41, 5.74) is 2.31. The van der Waals surface area contributed by atoms with Crippen LogP contribution >= 0.6 is 22.7 Å². The minimum Gasteiger partial charge on any atom is -0.481 e. The van der Waals surface area contributed by atoms with E-state index in [2.05, 4.69) is 59.1 Å². The Morgan fingerprint density at radius 2 is 1.17 bits per heavy atom. The standard InChI is InChI=1S/2C8H14N2S.C4H6O4/c2*1-6(2)8-10-7(4-9-3)5-11-8;5-3(6)1-2-4(7)8/h2*5-6,9H,4H2,1-3H3;1-2H2,(H,5,6)(H,7,8). The molecule has 0 unspecified atom stereocenters. The van der Waals surface area contributed by atoms with Gasteiger partial charge in [-0.25, -0.2) is 9.97 Å².